The van der Waals surface area contributed by atoms with Gasteiger partial charge in [-0.3, -0.25) is 0 Å². The molecular weight excluding hydrogens is 412 g/mol. The highest BCUT2D eigenvalue weighted by Gasteiger charge is 2.24. The van der Waals surface area contributed by atoms with Crippen LogP contribution in [0, 0.1) is 0 Å². The minimum atomic E-state index is -0.414. The molecule has 0 aliphatic carbocycles. The summed E-state index contributed by atoms with van der Waals surface area (Å²) in [6.07, 6.45) is 0.881. The number of fused-ring (bicyclic) bond motifs is 1. The first-order valence-corrected chi connectivity index (χ1v) is 11.2. The van der Waals surface area contributed by atoms with Gasteiger partial charge < -0.3 is 19.9 Å². The van der Waals surface area contributed by atoms with Gasteiger partial charge in [0.25, 0.3) is 0 Å². The van der Waals surface area contributed by atoms with E-state index in [2.05, 4.69) is 33.4 Å². The number of urea groups is 1. The second-order valence-corrected chi connectivity index (χ2v) is 7.99. The summed E-state index contributed by atoms with van der Waals surface area (Å²) in [6, 6.07) is 18.0. The lowest BCUT2D eigenvalue weighted by Gasteiger charge is -2.21. The lowest BCUT2D eigenvalue weighted by atomic mass is 10.1. The number of thioether (sulfide) groups is 1. The molecule has 0 saturated heterocycles. The van der Waals surface area contributed by atoms with E-state index in [4.69, 9.17) is 9.72 Å². The number of ether oxygens (including phenoxy) is 1. The van der Waals surface area contributed by atoms with E-state index < -0.39 is 5.97 Å². The molecule has 7 nitrogen and oxygen atoms in total. The van der Waals surface area contributed by atoms with Crippen molar-refractivity contribution in [2.75, 3.05) is 18.9 Å². The molecule has 1 aliphatic heterocycles. The number of para-hydroxylation sites is 2. The third-order valence-electron chi connectivity index (χ3n) is 5.01. The molecule has 3 aromatic rings. The molecule has 2 N–H and O–H groups in total. The second kappa shape index (κ2) is 9.70. The standard InChI is InChI=1S/C23H24N4O3S/c1-2-30-21(28)17-14-24-22(29)25-19(17)15-31-23-26-18-10-6-7-11-20(18)27(23)13-12-16-8-4-3-5-9-16/h3-11H,2,12-15H2,1H3,(H2,24,25,29). The molecular formula is C23H24N4O3S. The fraction of sp³-hybridized carbons (Fsp3) is 0.261. The van der Waals surface area contributed by atoms with Crippen LogP contribution in [0.15, 0.2) is 71.0 Å². The number of nitrogens with zero attached hydrogens (tertiary/aromatic N) is 2. The zero-order chi connectivity index (χ0) is 21.6. The molecule has 0 bridgehead atoms. The summed E-state index contributed by atoms with van der Waals surface area (Å²) >= 11 is 1.50. The van der Waals surface area contributed by atoms with Crippen molar-refractivity contribution in [1.82, 2.24) is 20.2 Å². The first-order chi connectivity index (χ1) is 15.2. The smallest absolute Gasteiger partial charge is 0.337 e. The zero-order valence-corrected chi connectivity index (χ0v) is 18.1. The van der Waals surface area contributed by atoms with E-state index in [0.717, 1.165) is 29.2 Å². The number of aromatic nitrogens is 2. The Morgan fingerprint density at radius 3 is 2.74 bits per heavy atom. The number of amides is 2. The predicted molar refractivity (Wildman–Crippen MR) is 121 cm³/mol. The summed E-state index contributed by atoms with van der Waals surface area (Å²) in [4.78, 5) is 28.9. The number of carbonyl (C=O) groups is 2. The average Bonchev–Trinajstić information content (AvgIpc) is 3.14. The van der Waals surface area contributed by atoms with Crippen LogP contribution in [-0.4, -0.2) is 40.5 Å². The number of hydrogen-bond acceptors (Lipinski definition) is 5. The third-order valence-corrected chi connectivity index (χ3v) is 6.01. The average molecular weight is 437 g/mol. The predicted octanol–water partition coefficient (Wildman–Crippen LogP) is 3.50. The summed E-state index contributed by atoms with van der Waals surface area (Å²) in [5.74, 6) is -0.000799. The fourth-order valence-electron chi connectivity index (χ4n) is 3.47. The molecule has 2 amide bonds. The van der Waals surface area contributed by atoms with Crippen LogP contribution in [0.25, 0.3) is 11.0 Å². The van der Waals surface area contributed by atoms with Crippen molar-refractivity contribution in [2.24, 2.45) is 0 Å². The van der Waals surface area contributed by atoms with Crippen LogP contribution < -0.4 is 10.6 Å². The molecule has 1 aromatic heterocycles. The van der Waals surface area contributed by atoms with Gasteiger partial charge in [0.05, 0.1) is 29.8 Å². The molecule has 8 heteroatoms. The van der Waals surface area contributed by atoms with Crippen molar-refractivity contribution in [1.29, 1.82) is 0 Å². The topological polar surface area (TPSA) is 85.2 Å². The van der Waals surface area contributed by atoms with Crippen LogP contribution in [0.4, 0.5) is 4.79 Å². The molecule has 0 saturated carbocycles. The lowest BCUT2D eigenvalue weighted by Crippen LogP contribution is -2.44. The second-order valence-electron chi connectivity index (χ2n) is 7.04. The molecule has 2 heterocycles. The maximum absolute atomic E-state index is 12.3. The summed E-state index contributed by atoms with van der Waals surface area (Å²) in [6.45, 7) is 2.98. The SMILES string of the molecule is CCOC(=O)C1=C(CSc2nc3ccccc3n2CCc2ccccc2)NC(=O)NC1. The van der Waals surface area contributed by atoms with Crippen LogP contribution >= 0.6 is 11.8 Å². The third kappa shape index (κ3) is 4.91. The highest BCUT2D eigenvalue weighted by Crippen LogP contribution is 2.27. The molecule has 0 atom stereocenters. The van der Waals surface area contributed by atoms with E-state index in [9.17, 15) is 9.59 Å². The van der Waals surface area contributed by atoms with Gasteiger partial charge in [-0.2, -0.15) is 0 Å². The quantitative estimate of drug-likeness (QED) is 0.417. The first kappa shape index (κ1) is 21.0. The normalized spacial score (nSPS) is 13.8. The minimum absolute atomic E-state index is 0.158. The highest BCUT2D eigenvalue weighted by molar-refractivity contribution is 7.99. The molecule has 0 unspecified atom stereocenters. The number of imidazole rings is 1. The van der Waals surface area contributed by atoms with Crippen LogP contribution in [-0.2, 0) is 22.5 Å². The zero-order valence-electron chi connectivity index (χ0n) is 17.3. The van der Waals surface area contributed by atoms with Crippen LogP contribution in [0.2, 0.25) is 0 Å². The number of benzene rings is 2. The van der Waals surface area contributed by atoms with Gasteiger partial charge in [0, 0.05) is 18.0 Å². The Bertz CT molecular complexity index is 1120. The van der Waals surface area contributed by atoms with Crippen molar-refractivity contribution in [2.45, 2.75) is 25.0 Å². The number of hydrogen-bond donors (Lipinski definition) is 2. The Morgan fingerprint density at radius 2 is 1.94 bits per heavy atom. The van der Waals surface area contributed by atoms with Gasteiger partial charge in [-0.05, 0) is 31.0 Å². The van der Waals surface area contributed by atoms with E-state index in [1.54, 1.807) is 6.92 Å². The van der Waals surface area contributed by atoms with Gasteiger partial charge in [0.2, 0.25) is 0 Å². The Kier molecular flexibility index (Phi) is 6.57. The van der Waals surface area contributed by atoms with Crippen molar-refractivity contribution in [3.05, 3.63) is 71.4 Å². The number of aryl methyl sites for hydroxylation is 2. The van der Waals surface area contributed by atoms with Crippen LogP contribution in [0.3, 0.4) is 0 Å². The minimum Gasteiger partial charge on any atom is -0.463 e. The van der Waals surface area contributed by atoms with Gasteiger partial charge in [-0.15, -0.1) is 0 Å². The van der Waals surface area contributed by atoms with Gasteiger partial charge in [-0.25, -0.2) is 14.6 Å². The molecule has 4 rings (SSSR count). The Hall–Kier alpha value is -3.26. The van der Waals surface area contributed by atoms with E-state index in [-0.39, 0.29) is 19.2 Å². The van der Waals surface area contributed by atoms with E-state index >= 15 is 0 Å². The van der Waals surface area contributed by atoms with Crippen molar-refractivity contribution in [3.8, 4) is 0 Å². The maximum atomic E-state index is 12.3. The summed E-state index contributed by atoms with van der Waals surface area (Å²) in [5, 5.41) is 6.24. The fourth-order valence-corrected chi connectivity index (χ4v) is 4.50. The molecule has 31 heavy (non-hydrogen) atoms. The molecule has 1 aliphatic rings. The number of carbonyl (C=O) groups excluding carboxylic acids is 2. The molecule has 160 valence electrons. The van der Waals surface area contributed by atoms with Crippen LogP contribution in [0.1, 0.15) is 12.5 Å². The first-order valence-electron chi connectivity index (χ1n) is 10.2. The van der Waals surface area contributed by atoms with E-state index in [0.29, 0.717) is 17.0 Å². The Balaban J connectivity index is 1.58. The van der Waals surface area contributed by atoms with Crippen molar-refractivity contribution < 1.29 is 14.3 Å². The van der Waals surface area contributed by atoms with Crippen LogP contribution in [0.5, 0.6) is 0 Å². The van der Waals surface area contributed by atoms with Gasteiger partial charge in [-0.1, -0.05) is 54.2 Å². The summed E-state index contributed by atoms with van der Waals surface area (Å²) in [5.41, 5.74) is 4.26. The van der Waals surface area contributed by atoms with Crippen molar-refractivity contribution >= 4 is 34.8 Å². The highest BCUT2D eigenvalue weighted by atomic mass is 32.2. The molecule has 0 spiro atoms. The Labute approximate surface area is 184 Å². The van der Waals surface area contributed by atoms with Gasteiger partial charge in [0.1, 0.15) is 0 Å². The number of rotatable bonds is 8. The largest absolute Gasteiger partial charge is 0.463 e. The van der Waals surface area contributed by atoms with E-state index in [1.807, 2.05) is 36.4 Å². The molecule has 0 radical (unpaired) electrons. The molecule has 2 aromatic carbocycles. The number of nitrogens with one attached hydrogen (secondary N) is 2. The maximum Gasteiger partial charge on any atom is 0.337 e. The summed E-state index contributed by atoms with van der Waals surface area (Å²) in [7, 11) is 0. The molecule has 0 fully saturated rings. The van der Waals surface area contributed by atoms with Crippen molar-refractivity contribution in [3.63, 3.8) is 0 Å². The summed E-state index contributed by atoms with van der Waals surface area (Å²) < 4.78 is 7.33. The lowest BCUT2D eigenvalue weighted by molar-refractivity contribution is -0.138. The monoisotopic (exact) mass is 436 g/mol. The Morgan fingerprint density at radius 1 is 1.16 bits per heavy atom. The van der Waals surface area contributed by atoms with Gasteiger partial charge >= 0.3 is 12.0 Å². The number of esters is 1. The van der Waals surface area contributed by atoms with Gasteiger partial charge in [0.15, 0.2) is 5.16 Å². The van der Waals surface area contributed by atoms with E-state index in [1.165, 1.54) is 17.3 Å².